The van der Waals surface area contributed by atoms with Crippen molar-refractivity contribution in [2.24, 2.45) is 0 Å². The van der Waals surface area contributed by atoms with E-state index in [-0.39, 0.29) is 23.0 Å². The molecule has 0 aliphatic carbocycles. The van der Waals surface area contributed by atoms with Crippen LogP contribution in [0.25, 0.3) is 0 Å². The van der Waals surface area contributed by atoms with Crippen molar-refractivity contribution in [3.8, 4) is 5.75 Å². The zero-order valence-corrected chi connectivity index (χ0v) is 12.8. The summed E-state index contributed by atoms with van der Waals surface area (Å²) in [5.41, 5.74) is -0.356. The van der Waals surface area contributed by atoms with Crippen LogP contribution < -0.4 is 10.1 Å². The molecule has 0 radical (unpaired) electrons. The number of ketones is 1. The summed E-state index contributed by atoms with van der Waals surface area (Å²) in [5.74, 6) is 0.330. The molecular weight excluding hydrogens is 331 g/mol. The van der Waals surface area contributed by atoms with Gasteiger partial charge in [0.05, 0.1) is 29.9 Å². The van der Waals surface area contributed by atoms with E-state index in [1.165, 1.54) is 7.11 Å². The Morgan fingerprint density at radius 3 is 2.39 bits per heavy atom. The van der Waals surface area contributed by atoms with Crippen molar-refractivity contribution in [3.05, 3.63) is 58.6 Å². The van der Waals surface area contributed by atoms with Crippen molar-refractivity contribution in [1.29, 1.82) is 0 Å². The molecule has 0 heterocycles. The van der Waals surface area contributed by atoms with Crippen LogP contribution in [0.4, 0.5) is 18.9 Å². The molecule has 7 heteroatoms. The molecule has 2 rings (SSSR count). The molecule has 0 spiro atoms. The number of methoxy groups -OCH3 is 1. The number of carbonyl (C=O) groups is 1. The molecule has 0 aliphatic heterocycles. The molecule has 0 fully saturated rings. The van der Waals surface area contributed by atoms with Crippen LogP contribution in [-0.2, 0) is 6.18 Å². The number of hydrogen-bond donors (Lipinski definition) is 1. The lowest BCUT2D eigenvalue weighted by atomic mass is 10.1. The number of ether oxygens (including phenoxy) is 1. The number of nitrogens with one attached hydrogen (secondary N) is 1. The first-order valence-corrected chi connectivity index (χ1v) is 6.97. The van der Waals surface area contributed by atoms with Gasteiger partial charge < -0.3 is 10.1 Å². The fraction of sp³-hybridized carbons (Fsp3) is 0.188. The summed E-state index contributed by atoms with van der Waals surface area (Å²) in [6.45, 7) is -0.173. The molecule has 0 saturated carbocycles. The van der Waals surface area contributed by atoms with Crippen molar-refractivity contribution >= 4 is 23.1 Å². The Balaban J connectivity index is 2.09. The Morgan fingerprint density at radius 2 is 1.83 bits per heavy atom. The molecular formula is C16H13ClF3NO2. The van der Waals surface area contributed by atoms with E-state index >= 15 is 0 Å². The van der Waals surface area contributed by atoms with Crippen LogP contribution in [0.3, 0.4) is 0 Å². The van der Waals surface area contributed by atoms with Gasteiger partial charge in [-0.05, 0) is 42.5 Å². The Labute approximate surface area is 136 Å². The van der Waals surface area contributed by atoms with E-state index in [1.807, 2.05) is 0 Å². The molecule has 0 unspecified atom stereocenters. The van der Waals surface area contributed by atoms with Crippen LogP contribution in [-0.4, -0.2) is 19.4 Å². The summed E-state index contributed by atoms with van der Waals surface area (Å²) in [6.07, 6.45) is -4.47. The number of Topliss-reactive ketones (excluding diaryl/α,β-unsaturated/α-hetero) is 1. The molecule has 0 bridgehead atoms. The predicted molar refractivity (Wildman–Crippen MR) is 82.3 cm³/mol. The largest absolute Gasteiger partial charge is 0.497 e. The first kappa shape index (κ1) is 17.1. The average Bonchev–Trinajstić information content (AvgIpc) is 2.52. The number of halogens is 4. The third-order valence-corrected chi connectivity index (χ3v) is 3.47. The lowest BCUT2D eigenvalue weighted by Crippen LogP contribution is -2.15. The first-order valence-electron chi connectivity index (χ1n) is 6.59. The lowest BCUT2D eigenvalue weighted by Gasteiger charge is -2.12. The molecule has 122 valence electrons. The van der Waals surface area contributed by atoms with Crippen molar-refractivity contribution in [3.63, 3.8) is 0 Å². The monoisotopic (exact) mass is 343 g/mol. The van der Waals surface area contributed by atoms with Crippen molar-refractivity contribution in [1.82, 2.24) is 0 Å². The van der Waals surface area contributed by atoms with Gasteiger partial charge in [0.15, 0.2) is 5.78 Å². The number of alkyl halides is 3. The number of carbonyl (C=O) groups excluding carboxylic acids is 1. The SMILES string of the molecule is COc1ccc(C(=O)CNc2cc(C(F)(F)F)ccc2Cl)cc1. The molecule has 0 saturated heterocycles. The molecule has 0 amide bonds. The summed E-state index contributed by atoms with van der Waals surface area (Å²) in [7, 11) is 1.51. The minimum absolute atomic E-state index is 0.0587. The van der Waals surface area contributed by atoms with Crippen LogP contribution in [0.5, 0.6) is 5.75 Å². The van der Waals surface area contributed by atoms with Crippen molar-refractivity contribution in [2.45, 2.75) is 6.18 Å². The standard InChI is InChI=1S/C16H13ClF3NO2/c1-23-12-5-2-10(3-6-12)15(22)9-21-14-8-11(16(18,19)20)4-7-13(14)17/h2-8,21H,9H2,1H3. The van der Waals surface area contributed by atoms with Gasteiger partial charge in [-0.15, -0.1) is 0 Å². The van der Waals surface area contributed by atoms with E-state index in [9.17, 15) is 18.0 Å². The second-order valence-electron chi connectivity index (χ2n) is 4.70. The van der Waals surface area contributed by atoms with Gasteiger partial charge in [0.25, 0.3) is 0 Å². The second kappa shape index (κ2) is 6.91. The van der Waals surface area contributed by atoms with Gasteiger partial charge in [-0.1, -0.05) is 11.6 Å². The zero-order valence-electron chi connectivity index (χ0n) is 12.1. The van der Waals surface area contributed by atoms with Crippen molar-refractivity contribution < 1.29 is 22.7 Å². The molecule has 2 aromatic rings. The normalized spacial score (nSPS) is 11.2. The van der Waals surface area contributed by atoms with E-state index in [2.05, 4.69) is 5.32 Å². The Morgan fingerprint density at radius 1 is 1.17 bits per heavy atom. The maximum absolute atomic E-state index is 12.7. The van der Waals surface area contributed by atoms with Gasteiger partial charge in [0.2, 0.25) is 0 Å². The summed E-state index contributed by atoms with van der Waals surface area (Å²) in [6, 6.07) is 9.33. The Kier molecular flexibility index (Phi) is 5.15. The smallest absolute Gasteiger partial charge is 0.416 e. The van der Waals surface area contributed by atoms with Crippen LogP contribution in [0, 0.1) is 0 Å². The van der Waals surface area contributed by atoms with Crippen LogP contribution >= 0.6 is 11.6 Å². The zero-order chi connectivity index (χ0) is 17.0. The Hall–Kier alpha value is -2.21. The minimum atomic E-state index is -4.47. The first-order chi connectivity index (χ1) is 10.8. The molecule has 1 N–H and O–H groups in total. The summed E-state index contributed by atoms with van der Waals surface area (Å²) < 4.78 is 43.0. The Bertz CT molecular complexity index is 699. The minimum Gasteiger partial charge on any atom is -0.497 e. The van der Waals surface area contributed by atoms with E-state index in [1.54, 1.807) is 24.3 Å². The number of benzene rings is 2. The highest BCUT2D eigenvalue weighted by Gasteiger charge is 2.30. The van der Waals surface area contributed by atoms with Crippen molar-refractivity contribution in [2.75, 3.05) is 19.0 Å². The lowest BCUT2D eigenvalue weighted by molar-refractivity contribution is -0.137. The fourth-order valence-corrected chi connectivity index (χ4v) is 2.08. The quantitative estimate of drug-likeness (QED) is 0.802. The van der Waals surface area contributed by atoms with Gasteiger partial charge in [-0.25, -0.2) is 0 Å². The summed E-state index contributed by atoms with van der Waals surface area (Å²) in [5, 5.41) is 2.75. The average molecular weight is 344 g/mol. The van der Waals surface area contributed by atoms with Gasteiger partial charge in [-0.3, -0.25) is 4.79 Å². The highest BCUT2D eigenvalue weighted by atomic mass is 35.5. The number of rotatable bonds is 5. The van der Waals surface area contributed by atoms with E-state index in [0.29, 0.717) is 11.3 Å². The molecule has 0 aromatic heterocycles. The number of hydrogen-bond acceptors (Lipinski definition) is 3. The van der Waals surface area contributed by atoms with Gasteiger partial charge >= 0.3 is 6.18 Å². The maximum Gasteiger partial charge on any atom is 0.416 e. The fourth-order valence-electron chi connectivity index (χ4n) is 1.89. The summed E-state index contributed by atoms with van der Waals surface area (Å²) >= 11 is 5.86. The number of anilines is 1. The molecule has 0 atom stereocenters. The van der Waals surface area contributed by atoms with Gasteiger partial charge in [0.1, 0.15) is 5.75 Å². The van der Waals surface area contributed by atoms with Gasteiger partial charge in [-0.2, -0.15) is 13.2 Å². The third-order valence-electron chi connectivity index (χ3n) is 3.15. The summed E-state index contributed by atoms with van der Waals surface area (Å²) in [4.78, 5) is 12.0. The molecule has 23 heavy (non-hydrogen) atoms. The molecule has 3 nitrogen and oxygen atoms in total. The van der Waals surface area contributed by atoms with E-state index in [0.717, 1.165) is 18.2 Å². The van der Waals surface area contributed by atoms with Crippen LogP contribution in [0.1, 0.15) is 15.9 Å². The topological polar surface area (TPSA) is 38.3 Å². The van der Waals surface area contributed by atoms with Gasteiger partial charge in [0, 0.05) is 5.56 Å². The third kappa shape index (κ3) is 4.39. The molecule has 0 aliphatic rings. The highest BCUT2D eigenvalue weighted by Crippen LogP contribution is 2.33. The van der Waals surface area contributed by atoms with E-state index in [4.69, 9.17) is 16.3 Å². The van der Waals surface area contributed by atoms with Crippen LogP contribution in [0.15, 0.2) is 42.5 Å². The molecule has 2 aromatic carbocycles. The predicted octanol–water partition coefficient (Wildman–Crippen LogP) is 4.66. The highest BCUT2D eigenvalue weighted by molar-refractivity contribution is 6.33. The van der Waals surface area contributed by atoms with E-state index < -0.39 is 11.7 Å². The maximum atomic E-state index is 12.7. The van der Waals surface area contributed by atoms with Crippen LogP contribution in [0.2, 0.25) is 5.02 Å². The second-order valence-corrected chi connectivity index (χ2v) is 5.10.